The highest BCUT2D eigenvalue weighted by Crippen LogP contribution is 2.41. The molecule has 0 bridgehead atoms. The molecule has 2 N–H and O–H groups in total. The molecule has 2 saturated carbocycles. The quantitative estimate of drug-likeness (QED) is 0.757. The van der Waals surface area contributed by atoms with Crippen molar-refractivity contribution < 1.29 is 14.6 Å². The standard InChI is InChI=1S/C16H27NO3S/c18-15(19)16(17-13-3-4-13)8-1-2-12(16)7-11-21-14-5-9-20-10-6-14/h12-14,17H,1-11H2,(H,18,19). The van der Waals surface area contributed by atoms with Gasteiger partial charge in [-0.25, -0.2) is 0 Å². The van der Waals surface area contributed by atoms with Gasteiger partial charge in [-0.15, -0.1) is 0 Å². The van der Waals surface area contributed by atoms with Crippen molar-refractivity contribution in [2.24, 2.45) is 5.92 Å². The number of carboxylic acid groups (broad SMARTS) is 1. The van der Waals surface area contributed by atoms with E-state index in [0.29, 0.717) is 12.0 Å². The fourth-order valence-electron chi connectivity index (χ4n) is 3.81. The number of ether oxygens (including phenoxy) is 1. The van der Waals surface area contributed by atoms with E-state index in [1.807, 2.05) is 11.8 Å². The first-order valence-corrected chi connectivity index (χ1v) is 9.46. The second kappa shape index (κ2) is 6.88. The second-order valence-corrected chi connectivity index (χ2v) is 8.16. The van der Waals surface area contributed by atoms with Crippen LogP contribution in [-0.4, -0.2) is 46.9 Å². The van der Waals surface area contributed by atoms with Gasteiger partial charge < -0.3 is 9.84 Å². The Hall–Kier alpha value is -0.260. The molecule has 1 saturated heterocycles. The van der Waals surface area contributed by atoms with Gasteiger partial charge in [0.25, 0.3) is 0 Å². The number of nitrogens with one attached hydrogen (secondary N) is 1. The molecular formula is C16H27NO3S. The van der Waals surface area contributed by atoms with Crippen LogP contribution < -0.4 is 5.32 Å². The Kier molecular flexibility index (Phi) is 5.12. The van der Waals surface area contributed by atoms with Crippen molar-refractivity contribution in [2.75, 3.05) is 19.0 Å². The van der Waals surface area contributed by atoms with Crippen molar-refractivity contribution in [3.05, 3.63) is 0 Å². The molecule has 0 aromatic rings. The predicted octanol–water partition coefficient (Wildman–Crippen LogP) is 2.66. The lowest BCUT2D eigenvalue weighted by molar-refractivity contribution is -0.146. The Morgan fingerprint density at radius 2 is 2.00 bits per heavy atom. The monoisotopic (exact) mass is 313 g/mol. The largest absolute Gasteiger partial charge is 0.480 e. The zero-order chi connectivity index (χ0) is 14.7. The van der Waals surface area contributed by atoms with E-state index < -0.39 is 11.5 Å². The van der Waals surface area contributed by atoms with Gasteiger partial charge in [-0.1, -0.05) is 6.42 Å². The van der Waals surface area contributed by atoms with Gasteiger partial charge in [0.05, 0.1) is 0 Å². The molecule has 0 amide bonds. The van der Waals surface area contributed by atoms with Gasteiger partial charge in [-0.2, -0.15) is 11.8 Å². The lowest BCUT2D eigenvalue weighted by Crippen LogP contribution is -2.55. The van der Waals surface area contributed by atoms with Crippen molar-refractivity contribution in [1.82, 2.24) is 5.32 Å². The molecular weight excluding hydrogens is 286 g/mol. The number of carbonyl (C=O) groups is 1. The molecule has 0 aromatic carbocycles. The summed E-state index contributed by atoms with van der Waals surface area (Å²) in [5, 5.41) is 14.0. The number of carboxylic acids is 1. The summed E-state index contributed by atoms with van der Waals surface area (Å²) >= 11 is 2.03. The van der Waals surface area contributed by atoms with Crippen LogP contribution in [0.25, 0.3) is 0 Å². The number of hydrogen-bond donors (Lipinski definition) is 2. The fraction of sp³-hybridized carbons (Fsp3) is 0.938. The van der Waals surface area contributed by atoms with Gasteiger partial charge in [0, 0.05) is 24.5 Å². The topological polar surface area (TPSA) is 58.6 Å². The third kappa shape index (κ3) is 3.74. The van der Waals surface area contributed by atoms with Crippen molar-refractivity contribution in [1.29, 1.82) is 0 Å². The lowest BCUT2D eigenvalue weighted by Gasteiger charge is -2.33. The molecule has 120 valence electrons. The normalized spacial score (nSPS) is 34.2. The Morgan fingerprint density at radius 3 is 2.67 bits per heavy atom. The van der Waals surface area contributed by atoms with Crippen LogP contribution in [0.15, 0.2) is 0 Å². The zero-order valence-corrected chi connectivity index (χ0v) is 13.5. The SMILES string of the molecule is O=C(O)C1(NC2CC2)CCCC1CCSC1CCOCC1. The minimum Gasteiger partial charge on any atom is -0.480 e. The van der Waals surface area contributed by atoms with Crippen LogP contribution in [0.4, 0.5) is 0 Å². The summed E-state index contributed by atoms with van der Waals surface area (Å²) in [5.41, 5.74) is -0.628. The Morgan fingerprint density at radius 1 is 1.24 bits per heavy atom. The summed E-state index contributed by atoms with van der Waals surface area (Å²) in [4.78, 5) is 11.9. The van der Waals surface area contributed by atoms with Crippen LogP contribution in [0.5, 0.6) is 0 Å². The first-order chi connectivity index (χ1) is 10.2. The summed E-state index contributed by atoms with van der Waals surface area (Å²) in [5.74, 6) is 0.785. The summed E-state index contributed by atoms with van der Waals surface area (Å²) in [7, 11) is 0. The molecule has 1 heterocycles. The summed E-state index contributed by atoms with van der Waals surface area (Å²) in [6.45, 7) is 1.78. The smallest absolute Gasteiger partial charge is 0.324 e. The van der Waals surface area contributed by atoms with E-state index in [2.05, 4.69) is 5.32 Å². The van der Waals surface area contributed by atoms with E-state index in [1.165, 1.54) is 0 Å². The van der Waals surface area contributed by atoms with Crippen molar-refractivity contribution in [2.45, 2.75) is 68.2 Å². The first-order valence-electron chi connectivity index (χ1n) is 8.41. The van der Waals surface area contributed by atoms with E-state index in [-0.39, 0.29) is 0 Å². The molecule has 3 fully saturated rings. The highest BCUT2D eigenvalue weighted by molar-refractivity contribution is 7.99. The maximum Gasteiger partial charge on any atom is 0.324 e. The van der Waals surface area contributed by atoms with E-state index in [9.17, 15) is 9.90 Å². The summed E-state index contributed by atoms with van der Waals surface area (Å²) < 4.78 is 5.39. The van der Waals surface area contributed by atoms with Gasteiger partial charge in [0.15, 0.2) is 0 Å². The van der Waals surface area contributed by atoms with Crippen LogP contribution in [-0.2, 0) is 9.53 Å². The number of rotatable bonds is 7. The van der Waals surface area contributed by atoms with Crippen LogP contribution in [0.3, 0.4) is 0 Å². The Balaban J connectivity index is 1.51. The average molecular weight is 313 g/mol. The minimum atomic E-state index is -0.628. The molecule has 5 heteroatoms. The highest BCUT2D eigenvalue weighted by Gasteiger charge is 2.50. The van der Waals surface area contributed by atoms with Crippen LogP contribution in [0.1, 0.15) is 51.4 Å². The molecule has 2 aliphatic carbocycles. The van der Waals surface area contributed by atoms with Crippen LogP contribution in [0.2, 0.25) is 0 Å². The molecule has 1 aliphatic heterocycles. The molecule has 4 nitrogen and oxygen atoms in total. The predicted molar refractivity (Wildman–Crippen MR) is 84.8 cm³/mol. The molecule has 3 aliphatic rings. The molecule has 0 aromatic heterocycles. The Bertz CT molecular complexity index is 369. The van der Waals surface area contributed by atoms with Gasteiger partial charge in [0.1, 0.15) is 5.54 Å². The van der Waals surface area contributed by atoms with Gasteiger partial charge in [0.2, 0.25) is 0 Å². The highest BCUT2D eigenvalue weighted by atomic mass is 32.2. The van der Waals surface area contributed by atoms with Gasteiger partial charge in [-0.3, -0.25) is 10.1 Å². The molecule has 21 heavy (non-hydrogen) atoms. The summed E-state index contributed by atoms with van der Waals surface area (Å²) in [6.07, 6.45) is 8.58. The maximum atomic E-state index is 11.9. The molecule has 2 unspecified atom stereocenters. The fourth-order valence-corrected chi connectivity index (χ4v) is 5.09. The Labute approximate surface area is 131 Å². The average Bonchev–Trinajstić information content (AvgIpc) is 3.20. The van der Waals surface area contributed by atoms with Gasteiger partial charge in [-0.05, 0) is 56.6 Å². The summed E-state index contributed by atoms with van der Waals surface area (Å²) in [6, 6.07) is 0.463. The molecule has 0 spiro atoms. The van der Waals surface area contributed by atoms with E-state index in [0.717, 1.165) is 75.6 Å². The third-order valence-corrected chi connectivity index (χ3v) is 6.64. The number of hydrogen-bond acceptors (Lipinski definition) is 4. The second-order valence-electron chi connectivity index (χ2n) is 6.76. The lowest BCUT2D eigenvalue weighted by atomic mass is 9.85. The van der Waals surface area contributed by atoms with Crippen LogP contribution >= 0.6 is 11.8 Å². The molecule has 3 rings (SSSR count). The van der Waals surface area contributed by atoms with Crippen molar-refractivity contribution in [3.8, 4) is 0 Å². The third-order valence-electron chi connectivity index (χ3n) is 5.23. The van der Waals surface area contributed by atoms with Crippen molar-refractivity contribution in [3.63, 3.8) is 0 Å². The molecule has 0 radical (unpaired) electrons. The minimum absolute atomic E-state index is 0.308. The van der Waals surface area contributed by atoms with Crippen molar-refractivity contribution >= 4 is 17.7 Å². The van der Waals surface area contributed by atoms with E-state index in [4.69, 9.17) is 4.74 Å². The molecule has 2 atom stereocenters. The van der Waals surface area contributed by atoms with Gasteiger partial charge >= 0.3 is 5.97 Å². The maximum absolute atomic E-state index is 11.9. The first kappa shape index (κ1) is 15.6. The number of aliphatic carboxylic acids is 1. The van der Waals surface area contributed by atoms with E-state index >= 15 is 0 Å². The van der Waals surface area contributed by atoms with Crippen LogP contribution in [0, 0.1) is 5.92 Å². The zero-order valence-electron chi connectivity index (χ0n) is 12.7. The number of thioether (sulfide) groups is 1. The van der Waals surface area contributed by atoms with E-state index in [1.54, 1.807) is 0 Å².